The second-order valence-corrected chi connectivity index (χ2v) is 7.11. The highest BCUT2D eigenvalue weighted by molar-refractivity contribution is 5.85. The molecule has 0 radical (unpaired) electrons. The predicted molar refractivity (Wildman–Crippen MR) is 116 cm³/mol. The van der Waals surface area contributed by atoms with E-state index in [9.17, 15) is 9.59 Å². The number of carbonyl (C=O) groups excluding carboxylic acids is 1. The van der Waals surface area contributed by atoms with Gasteiger partial charge in [-0.2, -0.15) is 4.98 Å². The zero-order valence-corrected chi connectivity index (χ0v) is 16.8. The van der Waals surface area contributed by atoms with Crippen molar-refractivity contribution in [3.8, 4) is 5.95 Å². The Morgan fingerprint density at radius 2 is 2.03 bits per heavy atom. The number of carbonyl (C=O) groups is 1. The fourth-order valence-electron chi connectivity index (χ4n) is 3.42. The number of H-pyrrole nitrogens is 1. The molecular weight excluding hydrogens is 414 g/mol. The number of benzene rings is 2. The van der Waals surface area contributed by atoms with Crippen LogP contribution in [-0.2, 0) is 9.47 Å². The normalized spacial score (nSPS) is 15.6. The zero-order valence-electron chi connectivity index (χ0n) is 16.8. The number of hydrogen-bond donors (Lipinski definition) is 3. The number of ether oxygens (including phenoxy) is 2. The van der Waals surface area contributed by atoms with E-state index in [1.165, 1.54) is 10.9 Å². The lowest BCUT2D eigenvalue weighted by atomic mass is 10.3. The van der Waals surface area contributed by atoms with Crippen LogP contribution in [0, 0.1) is 0 Å². The summed E-state index contributed by atoms with van der Waals surface area (Å²) in [5, 5.41) is 5.76. The molecule has 0 aliphatic carbocycles. The molecule has 2 aromatic heterocycles. The van der Waals surface area contributed by atoms with Gasteiger partial charge in [0.15, 0.2) is 0 Å². The molecule has 1 saturated heterocycles. The number of imidazole rings is 1. The minimum atomic E-state index is -0.543. The van der Waals surface area contributed by atoms with Gasteiger partial charge in [-0.1, -0.05) is 18.2 Å². The Bertz CT molecular complexity index is 1330. The van der Waals surface area contributed by atoms with Crippen molar-refractivity contribution < 1.29 is 14.3 Å². The third-order valence-corrected chi connectivity index (χ3v) is 4.88. The summed E-state index contributed by atoms with van der Waals surface area (Å²) in [5.41, 5.74) is 2.17. The van der Waals surface area contributed by atoms with Crippen LogP contribution >= 0.6 is 0 Å². The number of anilines is 3. The molecular formula is C21H19N7O4. The summed E-state index contributed by atoms with van der Waals surface area (Å²) >= 11 is 0. The van der Waals surface area contributed by atoms with Crippen LogP contribution in [0.4, 0.5) is 22.1 Å². The fraction of sp³-hybridized carbons (Fsp3) is 0.190. The summed E-state index contributed by atoms with van der Waals surface area (Å²) in [6.45, 7) is 1.01. The van der Waals surface area contributed by atoms with Crippen LogP contribution in [0.3, 0.4) is 0 Å². The largest absolute Gasteiger partial charge is 0.443 e. The molecule has 3 N–H and O–H groups in total. The maximum atomic E-state index is 12.4. The number of para-hydroxylation sites is 2. The first-order valence-electron chi connectivity index (χ1n) is 9.97. The predicted octanol–water partition coefficient (Wildman–Crippen LogP) is 2.58. The van der Waals surface area contributed by atoms with Gasteiger partial charge >= 0.3 is 11.8 Å². The first-order valence-corrected chi connectivity index (χ1v) is 9.97. The number of nitrogens with zero attached hydrogens (tertiary/aromatic N) is 4. The summed E-state index contributed by atoms with van der Waals surface area (Å²) in [5.74, 6) is 0.427. The minimum Gasteiger partial charge on any atom is -0.443 e. The van der Waals surface area contributed by atoms with Crippen LogP contribution in [0.25, 0.3) is 17.0 Å². The average molecular weight is 433 g/mol. The summed E-state index contributed by atoms with van der Waals surface area (Å²) < 4.78 is 11.9. The molecule has 1 atom stereocenters. The van der Waals surface area contributed by atoms with E-state index in [0.29, 0.717) is 42.0 Å². The van der Waals surface area contributed by atoms with Crippen molar-refractivity contribution in [1.29, 1.82) is 0 Å². The topological polar surface area (TPSA) is 136 Å². The first kappa shape index (κ1) is 19.7. The molecule has 2 aromatic carbocycles. The molecule has 0 spiro atoms. The van der Waals surface area contributed by atoms with Crippen LogP contribution in [0.2, 0.25) is 0 Å². The fourth-order valence-corrected chi connectivity index (χ4v) is 3.42. The smallest absolute Gasteiger partial charge is 0.411 e. The van der Waals surface area contributed by atoms with Gasteiger partial charge in [0.1, 0.15) is 12.4 Å². The van der Waals surface area contributed by atoms with Crippen LogP contribution < -0.4 is 16.3 Å². The van der Waals surface area contributed by atoms with E-state index in [4.69, 9.17) is 9.47 Å². The van der Waals surface area contributed by atoms with Crippen LogP contribution in [0.5, 0.6) is 0 Å². The Balaban J connectivity index is 1.34. The summed E-state index contributed by atoms with van der Waals surface area (Å²) in [7, 11) is 0. The van der Waals surface area contributed by atoms with Gasteiger partial charge in [0, 0.05) is 17.8 Å². The molecule has 1 unspecified atom stereocenters. The van der Waals surface area contributed by atoms with Gasteiger partial charge in [-0.3, -0.25) is 5.32 Å². The first-order chi connectivity index (χ1) is 15.7. The van der Waals surface area contributed by atoms with E-state index in [1.54, 1.807) is 36.4 Å². The number of aromatic nitrogens is 5. The van der Waals surface area contributed by atoms with Crippen molar-refractivity contribution in [2.24, 2.45) is 0 Å². The maximum Gasteiger partial charge on any atom is 0.411 e. The monoisotopic (exact) mass is 433 g/mol. The molecule has 32 heavy (non-hydrogen) atoms. The second-order valence-electron chi connectivity index (χ2n) is 7.11. The van der Waals surface area contributed by atoms with Crippen LogP contribution in [0.1, 0.15) is 6.42 Å². The third-order valence-electron chi connectivity index (χ3n) is 4.88. The van der Waals surface area contributed by atoms with Crippen molar-refractivity contribution in [2.45, 2.75) is 12.5 Å². The van der Waals surface area contributed by atoms with Gasteiger partial charge in [-0.25, -0.2) is 24.1 Å². The molecule has 11 heteroatoms. The van der Waals surface area contributed by atoms with Crippen molar-refractivity contribution in [3.05, 3.63) is 65.3 Å². The average Bonchev–Trinajstić information content (AvgIpc) is 3.40. The second kappa shape index (κ2) is 8.47. The highest BCUT2D eigenvalue weighted by Crippen LogP contribution is 2.20. The number of amides is 1. The van der Waals surface area contributed by atoms with Crippen LogP contribution in [-0.4, -0.2) is 49.9 Å². The van der Waals surface area contributed by atoms with Gasteiger partial charge in [-0.15, -0.1) is 0 Å². The molecule has 0 bridgehead atoms. The molecule has 11 nitrogen and oxygen atoms in total. The molecule has 1 aliphatic rings. The molecule has 1 fully saturated rings. The van der Waals surface area contributed by atoms with Crippen LogP contribution in [0.15, 0.2) is 59.7 Å². The Kier molecular flexibility index (Phi) is 5.22. The maximum absolute atomic E-state index is 12.4. The highest BCUT2D eigenvalue weighted by atomic mass is 16.6. The lowest BCUT2D eigenvalue weighted by Crippen LogP contribution is -2.22. The lowest BCUT2D eigenvalue weighted by molar-refractivity contribution is 0.0932. The van der Waals surface area contributed by atoms with Gasteiger partial charge in [0.2, 0.25) is 11.9 Å². The number of nitrogens with one attached hydrogen (secondary N) is 3. The quantitative estimate of drug-likeness (QED) is 0.437. The molecule has 1 aliphatic heterocycles. The van der Waals surface area contributed by atoms with Crippen molar-refractivity contribution in [2.75, 3.05) is 23.8 Å². The molecule has 1 amide bonds. The van der Waals surface area contributed by atoms with E-state index in [0.717, 1.165) is 0 Å². The van der Waals surface area contributed by atoms with Crippen molar-refractivity contribution in [3.63, 3.8) is 0 Å². The third kappa shape index (κ3) is 4.14. The van der Waals surface area contributed by atoms with E-state index in [-0.39, 0.29) is 23.7 Å². The van der Waals surface area contributed by atoms with Gasteiger partial charge in [0.05, 0.1) is 24.2 Å². The molecule has 5 rings (SSSR count). The summed E-state index contributed by atoms with van der Waals surface area (Å²) in [6.07, 6.45) is 1.24. The number of aromatic amines is 1. The van der Waals surface area contributed by atoms with Gasteiger partial charge in [0.25, 0.3) is 0 Å². The SMILES string of the molecule is O=C(Nc1cccc(Nc2ncnc(-n3c(=O)[nH]c4ccccc43)n2)c1)OC1CCOC1. The summed E-state index contributed by atoms with van der Waals surface area (Å²) in [6, 6.07) is 14.3. The van der Waals surface area contributed by atoms with E-state index in [1.807, 2.05) is 12.1 Å². The molecule has 3 heterocycles. The lowest BCUT2D eigenvalue weighted by Gasteiger charge is -2.12. The van der Waals surface area contributed by atoms with E-state index in [2.05, 4.69) is 30.6 Å². The van der Waals surface area contributed by atoms with E-state index < -0.39 is 6.09 Å². The molecule has 162 valence electrons. The molecule has 4 aromatic rings. The number of hydrogen-bond acceptors (Lipinski definition) is 8. The Morgan fingerprint density at radius 3 is 2.91 bits per heavy atom. The Morgan fingerprint density at radius 1 is 1.16 bits per heavy atom. The van der Waals surface area contributed by atoms with Crippen molar-refractivity contribution >= 4 is 34.4 Å². The Hall–Kier alpha value is -4.25. The minimum absolute atomic E-state index is 0.182. The van der Waals surface area contributed by atoms with E-state index >= 15 is 0 Å². The molecule has 0 saturated carbocycles. The van der Waals surface area contributed by atoms with Gasteiger partial charge in [-0.05, 0) is 30.3 Å². The summed E-state index contributed by atoms with van der Waals surface area (Å²) in [4.78, 5) is 39.9. The zero-order chi connectivity index (χ0) is 21.9. The van der Waals surface area contributed by atoms with Crippen molar-refractivity contribution in [1.82, 2.24) is 24.5 Å². The number of fused-ring (bicyclic) bond motifs is 1. The standard InChI is InChI=1S/C21H19N7O4/c29-20-26-16-6-1-2-7-17(16)28(20)19-23-12-22-18(27-19)24-13-4-3-5-14(10-13)25-21(30)32-15-8-9-31-11-15/h1-7,10,12,15H,8-9,11H2,(H,25,30)(H,26,29)(H,22,23,24,27). The Labute approximate surface area is 181 Å². The highest BCUT2D eigenvalue weighted by Gasteiger charge is 2.20. The number of rotatable bonds is 5. The van der Waals surface area contributed by atoms with Gasteiger partial charge < -0.3 is 19.8 Å².